The van der Waals surface area contributed by atoms with Gasteiger partial charge in [-0.3, -0.25) is 4.79 Å². The summed E-state index contributed by atoms with van der Waals surface area (Å²) in [5.41, 5.74) is 0. The van der Waals surface area contributed by atoms with E-state index in [9.17, 15) is 9.59 Å². The normalized spacial score (nSPS) is 36.7. The van der Waals surface area contributed by atoms with Crippen LogP contribution in [0.5, 0.6) is 0 Å². The summed E-state index contributed by atoms with van der Waals surface area (Å²) >= 11 is 0. The zero-order valence-corrected chi connectivity index (χ0v) is 11.0. The number of amides is 1. The SMILES string of the molecule is CC1CCCN(C(=O)C2CCC(C(=O)O)O2)C1C. The highest BCUT2D eigenvalue weighted by Gasteiger charge is 2.39. The van der Waals surface area contributed by atoms with Crippen LogP contribution in [0.4, 0.5) is 0 Å². The van der Waals surface area contributed by atoms with Crippen molar-refractivity contribution >= 4 is 11.9 Å². The van der Waals surface area contributed by atoms with E-state index in [1.54, 1.807) is 0 Å². The molecule has 0 saturated carbocycles. The number of ether oxygens (including phenoxy) is 1. The fourth-order valence-electron chi connectivity index (χ4n) is 2.83. The molecule has 0 aromatic rings. The predicted molar refractivity (Wildman–Crippen MR) is 65.1 cm³/mol. The first-order valence-corrected chi connectivity index (χ1v) is 6.69. The van der Waals surface area contributed by atoms with Crippen LogP contribution in [0.3, 0.4) is 0 Å². The van der Waals surface area contributed by atoms with Gasteiger partial charge >= 0.3 is 5.97 Å². The van der Waals surface area contributed by atoms with Gasteiger partial charge in [0.25, 0.3) is 5.91 Å². The van der Waals surface area contributed by atoms with E-state index < -0.39 is 18.2 Å². The molecule has 102 valence electrons. The molecule has 0 aliphatic carbocycles. The lowest BCUT2D eigenvalue weighted by atomic mass is 9.91. The first-order valence-electron chi connectivity index (χ1n) is 6.69. The van der Waals surface area contributed by atoms with E-state index in [-0.39, 0.29) is 11.9 Å². The molecule has 2 saturated heterocycles. The molecule has 4 unspecified atom stereocenters. The number of carboxylic acid groups (broad SMARTS) is 1. The topological polar surface area (TPSA) is 66.8 Å². The van der Waals surface area contributed by atoms with Crippen LogP contribution in [0.25, 0.3) is 0 Å². The van der Waals surface area contributed by atoms with Crippen LogP contribution in [0.1, 0.15) is 39.5 Å². The molecular formula is C13H21NO4. The van der Waals surface area contributed by atoms with E-state index in [0.29, 0.717) is 18.8 Å². The number of nitrogens with zero attached hydrogens (tertiary/aromatic N) is 1. The van der Waals surface area contributed by atoms with Gasteiger partial charge in [-0.05, 0) is 38.5 Å². The Bertz CT molecular complexity index is 344. The van der Waals surface area contributed by atoms with Gasteiger partial charge in [0.1, 0.15) is 6.10 Å². The minimum absolute atomic E-state index is 0.0298. The van der Waals surface area contributed by atoms with Crippen molar-refractivity contribution in [2.75, 3.05) is 6.54 Å². The summed E-state index contributed by atoms with van der Waals surface area (Å²) < 4.78 is 5.33. The van der Waals surface area contributed by atoms with Crippen LogP contribution in [0, 0.1) is 5.92 Å². The van der Waals surface area contributed by atoms with Gasteiger partial charge in [0.05, 0.1) is 0 Å². The van der Waals surface area contributed by atoms with Crippen molar-refractivity contribution in [3.05, 3.63) is 0 Å². The summed E-state index contributed by atoms with van der Waals surface area (Å²) in [6.07, 6.45) is 1.76. The van der Waals surface area contributed by atoms with E-state index in [4.69, 9.17) is 9.84 Å². The molecule has 2 aliphatic heterocycles. The number of piperidine rings is 1. The Hall–Kier alpha value is -1.10. The fourth-order valence-corrected chi connectivity index (χ4v) is 2.83. The van der Waals surface area contributed by atoms with Crippen molar-refractivity contribution in [1.29, 1.82) is 0 Å². The molecule has 0 spiro atoms. The molecule has 0 bridgehead atoms. The van der Waals surface area contributed by atoms with Crippen molar-refractivity contribution < 1.29 is 19.4 Å². The lowest BCUT2D eigenvalue weighted by Crippen LogP contribution is -2.50. The second-order valence-corrected chi connectivity index (χ2v) is 5.42. The largest absolute Gasteiger partial charge is 0.479 e. The first kappa shape index (κ1) is 13.3. The average molecular weight is 255 g/mol. The van der Waals surface area contributed by atoms with E-state index in [1.165, 1.54) is 0 Å². The number of hydrogen-bond acceptors (Lipinski definition) is 3. The second kappa shape index (κ2) is 5.26. The van der Waals surface area contributed by atoms with Crippen LogP contribution >= 0.6 is 0 Å². The van der Waals surface area contributed by atoms with Crippen molar-refractivity contribution in [2.45, 2.75) is 57.8 Å². The Kier molecular flexibility index (Phi) is 3.90. The van der Waals surface area contributed by atoms with Gasteiger partial charge in [-0.25, -0.2) is 4.79 Å². The zero-order chi connectivity index (χ0) is 13.3. The van der Waals surface area contributed by atoms with Crippen molar-refractivity contribution in [1.82, 2.24) is 4.90 Å². The van der Waals surface area contributed by atoms with Gasteiger partial charge in [0.2, 0.25) is 0 Å². The minimum Gasteiger partial charge on any atom is -0.479 e. The summed E-state index contributed by atoms with van der Waals surface area (Å²) in [6, 6.07) is 0.221. The highest BCUT2D eigenvalue weighted by molar-refractivity contribution is 5.83. The van der Waals surface area contributed by atoms with Gasteiger partial charge in [-0.15, -0.1) is 0 Å². The molecular weight excluding hydrogens is 234 g/mol. The Morgan fingerprint density at radius 3 is 2.44 bits per heavy atom. The van der Waals surface area contributed by atoms with Crippen LogP contribution in [0.15, 0.2) is 0 Å². The predicted octanol–water partition coefficient (Wildman–Crippen LogP) is 1.27. The van der Waals surface area contributed by atoms with E-state index in [2.05, 4.69) is 13.8 Å². The van der Waals surface area contributed by atoms with Crippen LogP contribution < -0.4 is 0 Å². The summed E-state index contributed by atoms with van der Waals surface area (Å²) in [4.78, 5) is 25.0. The van der Waals surface area contributed by atoms with Crippen molar-refractivity contribution in [3.63, 3.8) is 0 Å². The monoisotopic (exact) mass is 255 g/mol. The van der Waals surface area contributed by atoms with Gasteiger partial charge < -0.3 is 14.7 Å². The fraction of sp³-hybridized carbons (Fsp3) is 0.846. The molecule has 2 heterocycles. The summed E-state index contributed by atoms with van der Waals surface area (Å²) in [5.74, 6) is -0.498. The maximum absolute atomic E-state index is 12.3. The first-order chi connectivity index (χ1) is 8.50. The van der Waals surface area contributed by atoms with E-state index in [0.717, 1.165) is 19.4 Å². The number of carboxylic acids is 1. The van der Waals surface area contributed by atoms with Gasteiger partial charge in [0, 0.05) is 12.6 Å². The highest BCUT2D eigenvalue weighted by Crippen LogP contribution is 2.27. The molecule has 2 aliphatic rings. The molecule has 0 aromatic heterocycles. The Balaban J connectivity index is 1.97. The third-order valence-electron chi connectivity index (χ3n) is 4.23. The smallest absolute Gasteiger partial charge is 0.332 e. The number of likely N-dealkylation sites (tertiary alicyclic amines) is 1. The van der Waals surface area contributed by atoms with E-state index >= 15 is 0 Å². The molecule has 18 heavy (non-hydrogen) atoms. The Morgan fingerprint density at radius 1 is 1.17 bits per heavy atom. The van der Waals surface area contributed by atoms with E-state index in [1.807, 2.05) is 4.90 Å². The average Bonchev–Trinajstić information content (AvgIpc) is 2.81. The molecule has 5 heteroatoms. The number of carbonyl (C=O) groups excluding carboxylic acids is 1. The summed E-state index contributed by atoms with van der Waals surface area (Å²) in [6.45, 7) is 4.98. The molecule has 1 amide bonds. The molecule has 2 rings (SSSR count). The second-order valence-electron chi connectivity index (χ2n) is 5.42. The van der Waals surface area contributed by atoms with Crippen molar-refractivity contribution in [3.8, 4) is 0 Å². The number of rotatable bonds is 2. The standard InChI is InChI=1S/C13H21NO4/c1-8-4-3-7-14(9(8)2)12(15)10-5-6-11(18-10)13(16)17/h8-11H,3-7H2,1-2H3,(H,16,17). The lowest BCUT2D eigenvalue weighted by Gasteiger charge is -2.39. The number of hydrogen-bond donors (Lipinski definition) is 1. The molecule has 5 nitrogen and oxygen atoms in total. The zero-order valence-electron chi connectivity index (χ0n) is 11.0. The molecule has 1 N–H and O–H groups in total. The third kappa shape index (κ3) is 2.51. The van der Waals surface area contributed by atoms with Gasteiger partial charge in [-0.1, -0.05) is 6.92 Å². The molecule has 0 radical (unpaired) electrons. The minimum atomic E-state index is -0.967. The number of aliphatic carboxylic acids is 1. The number of carbonyl (C=O) groups is 2. The molecule has 0 aromatic carbocycles. The summed E-state index contributed by atoms with van der Waals surface area (Å²) in [5, 5.41) is 8.87. The van der Waals surface area contributed by atoms with Gasteiger partial charge in [0.15, 0.2) is 6.10 Å². The summed E-state index contributed by atoms with van der Waals surface area (Å²) in [7, 11) is 0. The van der Waals surface area contributed by atoms with Crippen LogP contribution in [-0.4, -0.2) is 46.7 Å². The maximum Gasteiger partial charge on any atom is 0.332 e. The Morgan fingerprint density at radius 2 is 1.83 bits per heavy atom. The highest BCUT2D eigenvalue weighted by atomic mass is 16.5. The van der Waals surface area contributed by atoms with Crippen molar-refractivity contribution in [2.24, 2.45) is 5.92 Å². The van der Waals surface area contributed by atoms with Gasteiger partial charge in [-0.2, -0.15) is 0 Å². The third-order valence-corrected chi connectivity index (χ3v) is 4.23. The van der Waals surface area contributed by atoms with Crippen LogP contribution in [0.2, 0.25) is 0 Å². The Labute approximate surface area is 107 Å². The molecule has 2 fully saturated rings. The maximum atomic E-state index is 12.3. The lowest BCUT2D eigenvalue weighted by molar-refractivity contribution is -0.156. The molecule has 4 atom stereocenters. The quantitative estimate of drug-likeness (QED) is 0.806. The van der Waals surface area contributed by atoms with Crippen LogP contribution in [-0.2, 0) is 14.3 Å².